The lowest BCUT2D eigenvalue weighted by molar-refractivity contribution is 0.102. The highest BCUT2D eigenvalue weighted by molar-refractivity contribution is 6.05. The van der Waals surface area contributed by atoms with Gasteiger partial charge < -0.3 is 5.32 Å². The van der Waals surface area contributed by atoms with Gasteiger partial charge in [0.25, 0.3) is 5.91 Å². The molecule has 3 aromatic rings. The zero-order valence-corrected chi connectivity index (χ0v) is 14.1. The van der Waals surface area contributed by atoms with Gasteiger partial charge in [0.15, 0.2) is 0 Å². The summed E-state index contributed by atoms with van der Waals surface area (Å²) in [5, 5.41) is 14.3. The van der Waals surface area contributed by atoms with E-state index in [1.54, 1.807) is 17.1 Å². The van der Waals surface area contributed by atoms with Gasteiger partial charge in [0.2, 0.25) is 0 Å². The van der Waals surface area contributed by atoms with Crippen molar-refractivity contribution in [3.63, 3.8) is 0 Å². The molecule has 1 N–H and O–H groups in total. The number of rotatable bonds is 3. The van der Waals surface area contributed by atoms with Crippen LogP contribution in [0.25, 0.3) is 5.69 Å². The van der Waals surface area contributed by atoms with E-state index in [2.05, 4.69) is 26.9 Å². The van der Waals surface area contributed by atoms with Crippen molar-refractivity contribution in [3.8, 4) is 5.69 Å². The van der Waals surface area contributed by atoms with Gasteiger partial charge in [-0.25, -0.2) is 4.68 Å². The van der Waals surface area contributed by atoms with Crippen LogP contribution in [0.3, 0.4) is 0 Å². The van der Waals surface area contributed by atoms with E-state index in [-0.39, 0.29) is 5.91 Å². The third-order valence-corrected chi connectivity index (χ3v) is 4.70. The van der Waals surface area contributed by atoms with Crippen molar-refractivity contribution in [3.05, 3.63) is 65.0 Å². The fraction of sp³-hybridized carbons (Fsp3) is 0.263. The Kier molecular flexibility index (Phi) is 4.01. The molecular formula is C19H19N5O. The predicted octanol–water partition coefficient (Wildman–Crippen LogP) is 3.10. The summed E-state index contributed by atoms with van der Waals surface area (Å²) in [5.41, 5.74) is 6.00. The lowest BCUT2D eigenvalue weighted by Gasteiger charge is -2.19. The number of nitrogens with zero attached hydrogens (tertiary/aromatic N) is 4. The molecular weight excluding hydrogens is 314 g/mol. The third kappa shape index (κ3) is 3.03. The molecule has 0 radical (unpaired) electrons. The number of tetrazole rings is 1. The van der Waals surface area contributed by atoms with E-state index in [0.29, 0.717) is 5.56 Å². The molecule has 2 aromatic carbocycles. The standard InChI is InChI=1S/C19H19N5O/c1-13-11-15(9-10-18(13)24-12-20-22-23-24)19(25)21-17-8-4-6-14-5-2-3-7-16(14)17/h4,6,8-12H,2-3,5,7H2,1H3,(H,21,25). The normalized spacial score (nSPS) is 13.3. The second-order valence-electron chi connectivity index (χ2n) is 6.36. The fourth-order valence-corrected chi connectivity index (χ4v) is 3.42. The summed E-state index contributed by atoms with van der Waals surface area (Å²) in [6, 6.07) is 11.7. The number of benzene rings is 2. The Morgan fingerprint density at radius 1 is 1.16 bits per heavy atom. The van der Waals surface area contributed by atoms with E-state index in [9.17, 15) is 4.79 Å². The van der Waals surface area contributed by atoms with Gasteiger partial charge in [0.05, 0.1) is 5.69 Å². The summed E-state index contributed by atoms with van der Waals surface area (Å²) in [5.74, 6) is -0.0923. The highest BCUT2D eigenvalue weighted by atomic mass is 16.1. The molecule has 0 unspecified atom stereocenters. The largest absolute Gasteiger partial charge is 0.322 e. The van der Waals surface area contributed by atoms with Crippen molar-refractivity contribution in [2.75, 3.05) is 5.32 Å². The molecule has 0 atom stereocenters. The average Bonchev–Trinajstić information content (AvgIpc) is 3.16. The molecule has 0 saturated heterocycles. The van der Waals surface area contributed by atoms with Crippen molar-refractivity contribution in [2.45, 2.75) is 32.6 Å². The van der Waals surface area contributed by atoms with Crippen LogP contribution in [0.15, 0.2) is 42.7 Å². The zero-order chi connectivity index (χ0) is 17.2. The van der Waals surface area contributed by atoms with Crippen molar-refractivity contribution in [2.24, 2.45) is 0 Å². The lowest BCUT2D eigenvalue weighted by Crippen LogP contribution is -2.16. The molecule has 0 saturated carbocycles. The summed E-state index contributed by atoms with van der Waals surface area (Å²) in [7, 11) is 0. The van der Waals surface area contributed by atoms with E-state index in [4.69, 9.17) is 0 Å². The number of hydrogen-bond acceptors (Lipinski definition) is 4. The number of nitrogens with one attached hydrogen (secondary N) is 1. The van der Waals surface area contributed by atoms with Gasteiger partial charge in [0.1, 0.15) is 6.33 Å². The first kappa shape index (κ1) is 15.5. The van der Waals surface area contributed by atoms with E-state index < -0.39 is 0 Å². The first-order valence-corrected chi connectivity index (χ1v) is 8.48. The molecule has 1 amide bonds. The summed E-state index contributed by atoms with van der Waals surface area (Å²) >= 11 is 0. The summed E-state index contributed by atoms with van der Waals surface area (Å²) in [6.45, 7) is 1.94. The molecule has 1 aliphatic carbocycles. The van der Waals surface area contributed by atoms with E-state index in [1.807, 2.05) is 31.2 Å². The molecule has 6 nitrogen and oxygen atoms in total. The molecule has 0 bridgehead atoms. The average molecular weight is 333 g/mol. The molecule has 1 aromatic heterocycles. The maximum Gasteiger partial charge on any atom is 0.255 e. The van der Waals surface area contributed by atoms with Gasteiger partial charge in [-0.15, -0.1) is 5.10 Å². The predicted molar refractivity (Wildman–Crippen MR) is 94.9 cm³/mol. The number of fused-ring (bicyclic) bond motifs is 1. The van der Waals surface area contributed by atoms with Gasteiger partial charge in [-0.1, -0.05) is 12.1 Å². The topological polar surface area (TPSA) is 72.7 Å². The van der Waals surface area contributed by atoms with Crippen molar-refractivity contribution >= 4 is 11.6 Å². The Balaban J connectivity index is 1.59. The number of hydrogen-bond donors (Lipinski definition) is 1. The third-order valence-electron chi connectivity index (χ3n) is 4.70. The molecule has 4 rings (SSSR count). The Hall–Kier alpha value is -3.02. The maximum absolute atomic E-state index is 12.7. The van der Waals surface area contributed by atoms with Gasteiger partial charge >= 0.3 is 0 Å². The first-order chi connectivity index (χ1) is 12.2. The van der Waals surface area contributed by atoms with Crippen molar-refractivity contribution in [1.29, 1.82) is 0 Å². The highest BCUT2D eigenvalue weighted by Crippen LogP contribution is 2.28. The van der Waals surface area contributed by atoms with Crippen LogP contribution in [-0.4, -0.2) is 26.1 Å². The second-order valence-corrected chi connectivity index (χ2v) is 6.36. The smallest absolute Gasteiger partial charge is 0.255 e. The first-order valence-electron chi connectivity index (χ1n) is 8.48. The number of amides is 1. The zero-order valence-electron chi connectivity index (χ0n) is 14.1. The Morgan fingerprint density at radius 3 is 2.84 bits per heavy atom. The Labute approximate surface area is 145 Å². The lowest BCUT2D eigenvalue weighted by atomic mass is 9.90. The molecule has 0 spiro atoms. The van der Waals surface area contributed by atoms with Gasteiger partial charge in [-0.2, -0.15) is 0 Å². The van der Waals surface area contributed by atoms with Crippen LogP contribution < -0.4 is 5.32 Å². The Morgan fingerprint density at radius 2 is 2.04 bits per heavy atom. The molecule has 1 aliphatic rings. The molecule has 0 aliphatic heterocycles. The quantitative estimate of drug-likeness (QED) is 0.799. The number of carbonyl (C=O) groups excluding carboxylic acids is 1. The number of aromatic nitrogens is 4. The van der Waals surface area contributed by atoms with E-state index >= 15 is 0 Å². The van der Waals surface area contributed by atoms with Crippen LogP contribution in [0.1, 0.15) is 39.9 Å². The van der Waals surface area contributed by atoms with Gasteiger partial charge in [-0.3, -0.25) is 4.79 Å². The van der Waals surface area contributed by atoms with Crippen LogP contribution in [0.4, 0.5) is 5.69 Å². The Bertz CT molecular complexity index is 918. The van der Waals surface area contributed by atoms with Crippen LogP contribution in [0, 0.1) is 6.92 Å². The highest BCUT2D eigenvalue weighted by Gasteiger charge is 2.16. The fourth-order valence-electron chi connectivity index (χ4n) is 3.42. The van der Waals surface area contributed by atoms with Gasteiger partial charge in [-0.05, 0) is 84.0 Å². The molecule has 126 valence electrons. The van der Waals surface area contributed by atoms with Crippen LogP contribution in [0.5, 0.6) is 0 Å². The minimum absolute atomic E-state index is 0.0923. The van der Waals surface area contributed by atoms with Crippen molar-refractivity contribution < 1.29 is 4.79 Å². The van der Waals surface area contributed by atoms with E-state index in [0.717, 1.165) is 29.8 Å². The van der Waals surface area contributed by atoms with Crippen LogP contribution in [0.2, 0.25) is 0 Å². The molecule has 6 heteroatoms. The van der Waals surface area contributed by atoms with Crippen LogP contribution >= 0.6 is 0 Å². The monoisotopic (exact) mass is 333 g/mol. The van der Waals surface area contributed by atoms with Crippen molar-refractivity contribution in [1.82, 2.24) is 20.2 Å². The second kappa shape index (κ2) is 6.47. The number of anilines is 1. The number of carbonyl (C=O) groups is 1. The maximum atomic E-state index is 12.7. The van der Waals surface area contributed by atoms with Gasteiger partial charge in [0, 0.05) is 11.3 Å². The summed E-state index contributed by atoms with van der Waals surface area (Å²) in [6.07, 6.45) is 6.07. The molecule has 1 heterocycles. The SMILES string of the molecule is Cc1cc(C(=O)Nc2cccc3c2CCCC3)ccc1-n1cnnn1. The molecule has 0 fully saturated rings. The minimum Gasteiger partial charge on any atom is -0.322 e. The van der Waals surface area contributed by atoms with E-state index in [1.165, 1.54) is 24.0 Å². The summed E-state index contributed by atoms with van der Waals surface area (Å²) in [4.78, 5) is 12.7. The van der Waals surface area contributed by atoms with Crippen LogP contribution in [-0.2, 0) is 12.8 Å². The molecule has 25 heavy (non-hydrogen) atoms. The summed E-state index contributed by atoms with van der Waals surface area (Å²) < 4.78 is 1.59. The number of aryl methyl sites for hydroxylation is 2. The minimum atomic E-state index is -0.0923.